The first-order chi connectivity index (χ1) is 10.4. The maximum atomic E-state index is 11.6. The van der Waals surface area contributed by atoms with Gasteiger partial charge in [-0.25, -0.2) is 0 Å². The molecule has 2 unspecified atom stereocenters. The van der Waals surface area contributed by atoms with Crippen LogP contribution in [-0.4, -0.2) is 43.1 Å². The Morgan fingerprint density at radius 1 is 1.14 bits per heavy atom. The minimum absolute atomic E-state index is 0.0756. The number of unbranched alkanes of at least 4 members (excludes halogenated alkanes) is 1. The van der Waals surface area contributed by atoms with Crippen LogP contribution in [0.5, 0.6) is 0 Å². The molecule has 0 saturated heterocycles. The van der Waals surface area contributed by atoms with Gasteiger partial charge in [-0.2, -0.15) is 12.6 Å². The lowest BCUT2D eigenvalue weighted by atomic mass is 10.1. The smallest absolute Gasteiger partial charge is 0.236 e. The second kappa shape index (κ2) is 16.8. The number of Topliss-reactive ketones (excluding diaryl/α,β-unsaturated/α-hetero) is 1. The fraction of sp³-hybridized carbons (Fsp3) is 0.875. The molecular formula is C16H35N3O2S. The molecular weight excluding hydrogens is 298 g/mol. The number of carbonyl (C=O) groups excluding carboxylic acids is 2. The highest BCUT2D eigenvalue weighted by molar-refractivity contribution is 7.80. The van der Waals surface area contributed by atoms with Gasteiger partial charge in [-0.3, -0.25) is 9.59 Å². The molecule has 4 N–H and O–H groups in total. The van der Waals surface area contributed by atoms with Crippen LogP contribution in [0.1, 0.15) is 59.3 Å². The van der Waals surface area contributed by atoms with Crippen LogP contribution in [0.3, 0.4) is 0 Å². The molecule has 0 aromatic carbocycles. The number of amides is 1. The number of hydrogen-bond acceptors (Lipinski definition) is 5. The zero-order valence-electron chi connectivity index (χ0n) is 14.7. The maximum Gasteiger partial charge on any atom is 0.236 e. The Hall–Kier alpha value is -0.590. The number of nitrogens with one attached hydrogen (secondary N) is 2. The van der Waals surface area contributed by atoms with E-state index in [1.54, 1.807) is 14.0 Å². The first kappa shape index (κ1) is 23.7. The molecule has 6 heteroatoms. The quantitative estimate of drug-likeness (QED) is 0.344. The molecule has 0 aliphatic carbocycles. The largest absolute Gasteiger partial charge is 0.355 e. The minimum atomic E-state index is -0.436. The van der Waals surface area contributed by atoms with Gasteiger partial charge >= 0.3 is 0 Å². The van der Waals surface area contributed by atoms with Crippen molar-refractivity contribution in [1.82, 2.24) is 10.6 Å². The van der Waals surface area contributed by atoms with Gasteiger partial charge in [0.1, 0.15) is 5.78 Å². The maximum absolute atomic E-state index is 11.6. The number of carbonyl (C=O) groups is 2. The lowest BCUT2D eigenvalue weighted by Gasteiger charge is -2.13. The first-order valence-electron chi connectivity index (χ1n) is 8.26. The van der Waals surface area contributed by atoms with Crippen LogP contribution in [0.25, 0.3) is 0 Å². The lowest BCUT2D eigenvalue weighted by Crippen LogP contribution is -2.41. The van der Waals surface area contributed by atoms with E-state index >= 15 is 0 Å². The number of rotatable bonds is 11. The van der Waals surface area contributed by atoms with Crippen LogP contribution in [-0.2, 0) is 9.59 Å². The summed E-state index contributed by atoms with van der Waals surface area (Å²) in [4.78, 5) is 22.8. The zero-order chi connectivity index (χ0) is 17.4. The van der Waals surface area contributed by atoms with E-state index in [0.717, 1.165) is 31.4 Å². The molecule has 0 spiro atoms. The number of hydrogen-bond donors (Lipinski definition) is 4. The third-order valence-corrected chi connectivity index (χ3v) is 3.38. The molecule has 0 aliphatic rings. The molecule has 0 aromatic heterocycles. The van der Waals surface area contributed by atoms with Crippen molar-refractivity contribution in [3.05, 3.63) is 0 Å². The third kappa shape index (κ3) is 14.4. The predicted octanol–water partition coefficient (Wildman–Crippen LogP) is 1.90. The highest BCUT2D eigenvalue weighted by atomic mass is 32.1. The summed E-state index contributed by atoms with van der Waals surface area (Å²) >= 11 is 4.09. The van der Waals surface area contributed by atoms with Crippen LogP contribution in [0.4, 0.5) is 0 Å². The Balaban J connectivity index is 0. The molecule has 0 rings (SSSR count). The van der Waals surface area contributed by atoms with Crippen LogP contribution >= 0.6 is 12.6 Å². The van der Waals surface area contributed by atoms with Crippen molar-refractivity contribution < 1.29 is 9.59 Å². The van der Waals surface area contributed by atoms with Crippen LogP contribution in [0.15, 0.2) is 0 Å². The molecule has 1 amide bonds. The topological polar surface area (TPSA) is 84.2 Å². The van der Waals surface area contributed by atoms with E-state index in [0.29, 0.717) is 13.0 Å². The van der Waals surface area contributed by atoms with Gasteiger partial charge in [-0.1, -0.05) is 20.3 Å². The summed E-state index contributed by atoms with van der Waals surface area (Å²) in [5, 5.41) is 5.80. The van der Waals surface area contributed by atoms with Gasteiger partial charge in [-0.05, 0) is 51.8 Å². The van der Waals surface area contributed by atoms with E-state index in [9.17, 15) is 9.59 Å². The molecule has 0 radical (unpaired) electrons. The van der Waals surface area contributed by atoms with E-state index in [2.05, 4.69) is 37.1 Å². The second-order valence-corrected chi connectivity index (χ2v) is 5.87. The van der Waals surface area contributed by atoms with Gasteiger partial charge in [-0.15, -0.1) is 0 Å². The molecule has 0 bridgehead atoms. The third-order valence-electron chi connectivity index (χ3n) is 3.07. The Labute approximate surface area is 141 Å². The van der Waals surface area contributed by atoms with Crippen molar-refractivity contribution in [3.63, 3.8) is 0 Å². The van der Waals surface area contributed by atoms with Crippen molar-refractivity contribution >= 4 is 24.3 Å². The molecule has 0 fully saturated rings. The summed E-state index contributed by atoms with van der Waals surface area (Å²) in [6.07, 6.45) is 5.32. The van der Waals surface area contributed by atoms with Crippen molar-refractivity contribution in [2.24, 2.45) is 5.73 Å². The van der Waals surface area contributed by atoms with Gasteiger partial charge in [0.25, 0.3) is 0 Å². The summed E-state index contributed by atoms with van der Waals surface area (Å²) in [5.74, 6) is 0.802. The fourth-order valence-corrected chi connectivity index (χ4v) is 1.99. The van der Waals surface area contributed by atoms with Crippen molar-refractivity contribution in [1.29, 1.82) is 0 Å². The average molecular weight is 334 g/mol. The van der Waals surface area contributed by atoms with Crippen LogP contribution in [0.2, 0.25) is 0 Å². The molecule has 0 heterocycles. The molecule has 132 valence electrons. The Bertz CT molecular complexity index is 289. The highest BCUT2D eigenvalue weighted by Crippen LogP contribution is 2.01. The summed E-state index contributed by atoms with van der Waals surface area (Å²) < 4.78 is 0. The Morgan fingerprint density at radius 2 is 1.73 bits per heavy atom. The summed E-state index contributed by atoms with van der Waals surface area (Å²) in [6, 6.07) is -0.511. The summed E-state index contributed by atoms with van der Waals surface area (Å²) in [7, 11) is 1.79. The van der Waals surface area contributed by atoms with E-state index < -0.39 is 6.04 Å². The number of ketones is 1. The van der Waals surface area contributed by atoms with Gasteiger partial charge in [0, 0.05) is 6.54 Å². The number of thiol groups is 1. The standard InChI is InChI=1S/C13H27N3O2S.C3H8/c1-10(17)12(15-2)7-3-4-8-16-13(18)11(14)6-5-9-19;1-3-2/h11-12,15,19H,3-9,14H2,1-2H3,(H,16,18);3H2,1-2H3. The van der Waals surface area contributed by atoms with Crippen molar-refractivity contribution in [2.75, 3.05) is 19.3 Å². The van der Waals surface area contributed by atoms with E-state index in [4.69, 9.17) is 5.73 Å². The molecule has 22 heavy (non-hydrogen) atoms. The number of likely N-dealkylation sites (N-methyl/N-ethyl adjacent to an activating group) is 1. The molecule has 2 atom stereocenters. The van der Waals surface area contributed by atoms with Crippen LogP contribution in [0, 0.1) is 0 Å². The fourth-order valence-electron chi connectivity index (χ4n) is 1.81. The second-order valence-electron chi connectivity index (χ2n) is 5.42. The number of nitrogens with two attached hydrogens (primary N) is 1. The first-order valence-corrected chi connectivity index (χ1v) is 8.89. The zero-order valence-corrected chi connectivity index (χ0v) is 15.5. The molecule has 0 aromatic rings. The van der Waals surface area contributed by atoms with Gasteiger partial charge in [0.2, 0.25) is 5.91 Å². The van der Waals surface area contributed by atoms with Crippen molar-refractivity contribution in [3.8, 4) is 0 Å². The van der Waals surface area contributed by atoms with E-state index in [-0.39, 0.29) is 17.7 Å². The average Bonchev–Trinajstić information content (AvgIpc) is 2.48. The SMILES string of the molecule is CCC.CNC(CCCCNC(=O)C(N)CCCS)C(C)=O. The van der Waals surface area contributed by atoms with Crippen molar-refractivity contribution in [2.45, 2.75) is 71.4 Å². The summed E-state index contributed by atoms with van der Waals surface area (Å²) in [6.45, 7) is 6.45. The molecule has 0 saturated carbocycles. The van der Waals surface area contributed by atoms with Gasteiger partial charge < -0.3 is 16.4 Å². The lowest BCUT2D eigenvalue weighted by molar-refractivity contribution is -0.122. The Morgan fingerprint density at radius 3 is 2.18 bits per heavy atom. The normalized spacial score (nSPS) is 12.8. The monoisotopic (exact) mass is 333 g/mol. The highest BCUT2D eigenvalue weighted by Gasteiger charge is 2.13. The summed E-state index contributed by atoms with van der Waals surface area (Å²) in [5.41, 5.74) is 5.73. The minimum Gasteiger partial charge on any atom is -0.355 e. The Kier molecular flexibility index (Phi) is 18.1. The van der Waals surface area contributed by atoms with Gasteiger partial charge in [0.15, 0.2) is 0 Å². The van der Waals surface area contributed by atoms with E-state index in [1.807, 2.05) is 0 Å². The predicted molar refractivity (Wildman–Crippen MR) is 97.4 cm³/mol. The molecule has 5 nitrogen and oxygen atoms in total. The van der Waals surface area contributed by atoms with E-state index in [1.165, 1.54) is 6.42 Å². The molecule has 0 aliphatic heterocycles. The van der Waals surface area contributed by atoms with Gasteiger partial charge in [0.05, 0.1) is 12.1 Å². The van der Waals surface area contributed by atoms with Crippen LogP contribution < -0.4 is 16.4 Å².